The summed E-state index contributed by atoms with van der Waals surface area (Å²) in [5, 5.41) is 8.20. The molecule has 1 fully saturated rings. The molecule has 2 rings (SSSR count). The van der Waals surface area contributed by atoms with Crippen molar-refractivity contribution in [3.05, 3.63) is 17.5 Å². The summed E-state index contributed by atoms with van der Waals surface area (Å²) < 4.78 is 2.00. The van der Waals surface area contributed by atoms with E-state index < -0.39 is 0 Å². The number of hydrogen-bond donors (Lipinski definition) is 1. The standard InChI is InChI=1S/C16H29N3/c1-5-10-17-16(14-8-6-12(2)7-9-14)15-11-18-19(4)13(15)3/h11-12,14,16-17H,5-10H2,1-4H3. The van der Waals surface area contributed by atoms with E-state index in [1.165, 1.54) is 43.4 Å². The van der Waals surface area contributed by atoms with Crippen molar-refractivity contribution in [1.82, 2.24) is 15.1 Å². The molecule has 19 heavy (non-hydrogen) atoms. The maximum absolute atomic E-state index is 4.43. The van der Waals surface area contributed by atoms with Gasteiger partial charge < -0.3 is 5.32 Å². The number of nitrogens with zero attached hydrogens (tertiary/aromatic N) is 2. The topological polar surface area (TPSA) is 29.9 Å². The zero-order chi connectivity index (χ0) is 13.8. The minimum Gasteiger partial charge on any atom is -0.310 e. The van der Waals surface area contributed by atoms with Gasteiger partial charge in [-0.15, -0.1) is 0 Å². The van der Waals surface area contributed by atoms with Crippen molar-refractivity contribution in [1.29, 1.82) is 0 Å². The SMILES string of the molecule is CCCNC(c1cnn(C)c1C)C1CCC(C)CC1. The molecule has 1 aromatic rings. The van der Waals surface area contributed by atoms with Crippen molar-refractivity contribution in [2.75, 3.05) is 6.54 Å². The summed E-state index contributed by atoms with van der Waals surface area (Å²) in [6.07, 6.45) is 8.75. The maximum Gasteiger partial charge on any atom is 0.0540 e. The molecule has 3 heteroatoms. The van der Waals surface area contributed by atoms with Gasteiger partial charge in [-0.25, -0.2) is 0 Å². The highest BCUT2D eigenvalue weighted by molar-refractivity contribution is 5.21. The van der Waals surface area contributed by atoms with Crippen LogP contribution in [0.2, 0.25) is 0 Å². The molecular formula is C16H29N3. The van der Waals surface area contributed by atoms with Crippen LogP contribution >= 0.6 is 0 Å². The Morgan fingerprint density at radius 3 is 2.58 bits per heavy atom. The van der Waals surface area contributed by atoms with Crippen LogP contribution in [0.15, 0.2) is 6.20 Å². The van der Waals surface area contributed by atoms with Crippen LogP contribution in [-0.4, -0.2) is 16.3 Å². The van der Waals surface area contributed by atoms with E-state index in [2.05, 4.69) is 37.4 Å². The summed E-state index contributed by atoms with van der Waals surface area (Å²) in [6, 6.07) is 0.501. The van der Waals surface area contributed by atoms with Gasteiger partial charge in [-0.1, -0.05) is 26.7 Å². The van der Waals surface area contributed by atoms with E-state index >= 15 is 0 Å². The molecule has 0 spiro atoms. The Balaban J connectivity index is 2.13. The van der Waals surface area contributed by atoms with E-state index in [1.54, 1.807) is 0 Å². The van der Waals surface area contributed by atoms with Crippen LogP contribution in [0.3, 0.4) is 0 Å². The zero-order valence-corrected chi connectivity index (χ0v) is 12.9. The highest BCUT2D eigenvalue weighted by atomic mass is 15.3. The number of aryl methyl sites for hydroxylation is 1. The molecule has 1 aliphatic carbocycles. The van der Waals surface area contributed by atoms with Gasteiger partial charge in [-0.05, 0) is 44.6 Å². The molecule has 1 aliphatic rings. The van der Waals surface area contributed by atoms with Gasteiger partial charge in [-0.2, -0.15) is 5.10 Å². The molecule has 108 valence electrons. The molecule has 1 heterocycles. The third-order valence-corrected chi connectivity index (χ3v) is 4.75. The molecule has 1 atom stereocenters. The van der Waals surface area contributed by atoms with Gasteiger partial charge in [0.1, 0.15) is 0 Å². The Morgan fingerprint density at radius 2 is 2.05 bits per heavy atom. The molecule has 0 saturated heterocycles. The third kappa shape index (κ3) is 3.38. The summed E-state index contributed by atoms with van der Waals surface area (Å²) in [5.74, 6) is 1.70. The average molecular weight is 263 g/mol. The lowest BCUT2D eigenvalue weighted by atomic mass is 9.77. The second kappa shape index (κ2) is 6.56. The van der Waals surface area contributed by atoms with Crippen molar-refractivity contribution in [2.24, 2.45) is 18.9 Å². The predicted molar refractivity (Wildman–Crippen MR) is 80.1 cm³/mol. The highest BCUT2D eigenvalue weighted by Crippen LogP contribution is 2.37. The van der Waals surface area contributed by atoms with Crippen LogP contribution in [0.25, 0.3) is 0 Å². The van der Waals surface area contributed by atoms with E-state index in [-0.39, 0.29) is 0 Å². The molecule has 1 aromatic heterocycles. The van der Waals surface area contributed by atoms with Gasteiger partial charge in [-0.3, -0.25) is 4.68 Å². The van der Waals surface area contributed by atoms with Gasteiger partial charge in [0, 0.05) is 24.3 Å². The zero-order valence-electron chi connectivity index (χ0n) is 12.9. The predicted octanol–water partition coefficient (Wildman–Crippen LogP) is 3.60. The molecule has 3 nitrogen and oxygen atoms in total. The van der Waals surface area contributed by atoms with Gasteiger partial charge in [0.2, 0.25) is 0 Å². The number of rotatable bonds is 5. The monoisotopic (exact) mass is 263 g/mol. The average Bonchev–Trinajstić information content (AvgIpc) is 2.73. The lowest BCUT2D eigenvalue weighted by Crippen LogP contribution is -2.31. The molecule has 0 bridgehead atoms. The number of nitrogens with one attached hydrogen (secondary N) is 1. The quantitative estimate of drug-likeness (QED) is 0.879. The largest absolute Gasteiger partial charge is 0.310 e. The van der Waals surface area contributed by atoms with E-state index in [0.717, 1.165) is 18.4 Å². The van der Waals surface area contributed by atoms with E-state index in [4.69, 9.17) is 0 Å². The first kappa shape index (κ1) is 14.6. The number of aromatic nitrogens is 2. The summed E-state index contributed by atoms with van der Waals surface area (Å²) >= 11 is 0. The van der Waals surface area contributed by atoms with Crippen molar-refractivity contribution >= 4 is 0 Å². The summed E-state index contributed by atoms with van der Waals surface area (Å²) in [7, 11) is 2.04. The Hall–Kier alpha value is -0.830. The van der Waals surface area contributed by atoms with E-state index in [9.17, 15) is 0 Å². The van der Waals surface area contributed by atoms with Crippen LogP contribution in [0.4, 0.5) is 0 Å². The van der Waals surface area contributed by atoms with Gasteiger partial charge in [0.15, 0.2) is 0 Å². The smallest absolute Gasteiger partial charge is 0.0540 e. The third-order valence-electron chi connectivity index (χ3n) is 4.75. The second-order valence-corrected chi connectivity index (χ2v) is 6.26. The number of hydrogen-bond acceptors (Lipinski definition) is 2. The van der Waals surface area contributed by atoms with Crippen LogP contribution in [0.5, 0.6) is 0 Å². The first-order valence-electron chi connectivity index (χ1n) is 7.85. The molecule has 0 radical (unpaired) electrons. The fraction of sp³-hybridized carbons (Fsp3) is 0.812. The highest BCUT2D eigenvalue weighted by Gasteiger charge is 2.28. The van der Waals surface area contributed by atoms with Crippen molar-refractivity contribution in [3.63, 3.8) is 0 Å². The summed E-state index contributed by atoms with van der Waals surface area (Å²) in [6.45, 7) is 7.92. The fourth-order valence-corrected chi connectivity index (χ4v) is 3.27. The van der Waals surface area contributed by atoms with Gasteiger partial charge in [0.25, 0.3) is 0 Å². The lowest BCUT2D eigenvalue weighted by molar-refractivity contribution is 0.231. The van der Waals surface area contributed by atoms with Gasteiger partial charge in [0.05, 0.1) is 6.20 Å². The van der Waals surface area contributed by atoms with Crippen molar-refractivity contribution < 1.29 is 0 Å². The van der Waals surface area contributed by atoms with Crippen LogP contribution in [-0.2, 0) is 7.05 Å². The minimum absolute atomic E-state index is 0.501. The van der Waals surface area contributed by atoms with Crippen LogP contribution in [0.1, 0.15) is 63.3 Å². The van der Waals surface area contributed by atoms with Crippen LogP contribution < -0.4 is 5.32 Å². The van der Waals surface area contributed by atoms with E-state index in [1.807, 2.05) is 11.7 Å². The fourth-order valence-electron chi connectivity index (χ4n) is 3.27. The Morgan fingerprint density at radius 1 is 1.37 bits per heavy atom. The summed E-state index contributed by atoms with van der Waals surface area (Å²) in [5.41, 5.74) is 2.72. The molecule has 0 aromatic carbocycles. The normalized spacial score (nSPS) is 25.5. The molecule has 0 aliphatic heterocycles. The summed E-state index contributed by atoms with van der Waals surface area (Å²) in [4.78, 5) is 0. The molecule has 1 unspecified atom stereocenters. The Kier molecular flexibility index (Phi) is 5.03. The minimum atomic E-state index is 0.501. The first-order valence-corrected chi connectivity index (χ1v) is 7.85. The Bertz CT molecular complexity index is 389. The van der Waals surface area contributed by atoms with Crippen LogP contribution in [0, 0.1) is 18.8 Å². The van der Waals surface area contributed by atoms with Crippen molar-refractivity contribution in [3.8, 4) is 0 Å². The molecule has 1 saturated carbocycles. The molecule has 0 amide bonds. The maximum atomic E-state index is 4.43. The Labute approximate surface area is 117 Å². The second-order valence-electron chi connectivity index (χ2n) is 6.26. The molecular weight excluding hydrogens is 234 g/mol. The van der Waals surface area contributed by atoms with E-state index in [0.29, 0.717) is 6.04 Å². The van der Waals surface area contributed by atoms with Crippen molar-refractivity contribution in [2.45, 2.75) is 58.9 Å². The van der Waals surface area contributed by atoms with Gasteiger partial charge >= 0.3 is 0 Å². The molecule has 1 N–H and O–H groups in total. The first-order chi connectivity index (χ1) is 9.13. The lowest BCUT2D eigenvalue weighted by Gasteiger charge is -2.33.